The lowest BCUT2D eigenvalue weighted by Crippen LogP contribution is -2.61. The van der Waals surface area contributed by atoms with Gasteiger partial charge < -0.3 is 37.9 Å². The molecule has 48 heavy (non-hydrogen) atoms. The summed E-state index contributed by atoms with van der Waals surface area (Å²) >= 11 is 0. The molecule has 2 aliphatic rings. The van der Waals surface area contributed by atoms with Crippen LogP contribution in [0.2, 0.25) is 0 Å². The van der Waals surface area contributed by atoms with Crippen LogP contribution in [0.1, 0.15) is 125 Å². The molecule has 1 aliphatic carbocycles. The molecule has 0 radical (unpaired) electrons. The molecule has 0 aromatic rings. The first-order valence-electron chi connectivity index (χ1n) is 17.4. The van der Waals surface area contributed by atoms with Crippen LogP contribution in [-0.2, 0) is 66.7 Å². The Labute approximate surface area is 283 Å². The van der Waals surface area contributed by atoms with E-state index in [9.17, 15) is 28.8 Å². The molecule has 2 fully saturated rings. The van der Waals surface area contributed by atoms with Gasteiger partial charge >= 0.3 is 35.8 Å². The highest BCUT2D eigenvalue weighted by Crippen LogP contribution is 2.34. The molecule has 0 spiro atoms. The minimum atomic E-state index is -1.37. The number of ether oxygens (including phenoxy) is 8. The molecule has 0 N–H and O–H groups in total. The maximum absolute atomic E-state index is 12.9. The Morgan fingerprint density at radius 1 is 0.458 bits per heavy atom. The number of carbonyl (C=O) groups excluding carboxylic acids is 6. The van der Waals surface area contributed by atoms with E-state index in [4.69, 9.17) is 37.9 Å². The van der Waals surface area contributed by atoms with Gasteiger partial charge in [-0.25, -0.2) is 0 Å². The van der Waals surface area contributed by atoms with Gasteiger partial charge in [0.05, 0.1) is 6.61 Å². The Kier molecular flexibility index (Phi) is 18.5. The second-order valence-electron chi connectivity index (χ2n) is 11.9. The lowest BCUT2D eigenvalue weighted by Gasteiger charge is -2.45. The van der Waals surface area contributed by atoms with Gasteiger partial charge in [0.2, 0.25) is 0 Å². The first-order chi connectivity index (χ1) is 23.0. The van der Waals surface area contributed by atoms with E-state index >= 15 is 0 Å². The molecule has 0 amide bonds. The molecule has 0 unspecified atom stereocenters. The van der Waals surface area contributed by atoms with Crippen LogP contribution in [0.15, 0.2) is 0 Å². The van der Waals surface area contributed by atoms with Crippen molar-refractivity contribution in [2.75, 3.05) is 6.61 Å². The Bertz CT molecular complexity index is 1060. The second kappa shape index (κ2) is 21.7. The molecule has 14 heteroatoms. The summed E-state index contributed by atoms with van der Waals surface area (Å²) in [5.41, 5.74) is 0. The van der Waals surface area contributed by atoms with Gasteiger partial charge in [-0.3, -0.25) is 28.8 Å². The summed E-state index contributed by atoms with van der Waals surface area (Å²) in [5.74, 6) is -3.43. The first kappa shape index (κ1) is 40.9. The molecule has 0 aromatic heterocycles. The SMILES string of the molecule is CCCC(=O)O[C@@H]1[C@@H](OC(=O)CCC)[C@H](OC(=O)CC)CC[C@@H]1O[C@H]1OC[C@@H](OC(=O)CCC)[C@H](OC(=O)CCC)[C@H]1OC(=O)CCC. The van der Waals surface area contributed by atoms with Crippen LogP contribution in [0.5, 0.6) is 0 Å². The monoisotopic (exact) mass is 686 g/mol. The summed E-state index contributed by atoms with van der Waals surface area (Å²) in [6.07, 6.45) is -6.24. The maximum atomic E-state index is 12.9. The largest absolute Gasteiger partial charge is 0.458 e. The predicted molar refractivity (Wildman–Crippen MR) is 168 cm³/mol. The molecule has 0 aromatic carbocycles. The number of carbonyl (C=O) groups is 6. The Morgan fingerprint density at radius 3 is 1.25 bits per heavy atom. The van der Waals surface area contributed by atoms with Crippen LogP contribution in [-0.4, -0.2) is 91.4 Å². The summed E-state index contributed by atoms with van der Waals surface area (Å²) in [6.45, 7) is 10.4. The lowest BCUT2D eigenvalue weighted by molar-refractivity contribution is -0.307. The molecule has 8 atom stereocenters. The third-order valence-electron chi connectivity index (χ3n) is 7.68. The zero-order valence-corrected chi connectivity index (χ0v) is 29.2. The van der Waals surface area contributed by atoms with Gasteiger partial charge in [0.25, 0.3) is 0 Å². The van der Waals surface area contributed by atoms with E-state index in [0.29, 0.717) is 32.1 Å². The maximum Gasteiger partial charge on any atom is 0.306 e. The third kappa shape index (κ3) is 13.0. The zero-order chi connectivity index (χ0) is 35.6. The average Bonchev–Trinajstić information content (AvgIpc) is 3.02. The van der Waals surface area contributed by atoms with Gasteiger partial charge in [0, 0.05) is 38.5 Å². The molecular weight excluding hydrogens is 632 g/mol. The molecule has 14 nitrogen and oxygen atoms in total. The van der Waals surface area contributed by atoms with Crippen molar-refractivity contribution in [2.24, 2.45) is 0 Å². The normalized spacial score (nSPS) is 26.9. The number of esters is 6. The summed E-state index contributed by atoms with van der Waals surface area (Å²) in [6, 6.07) is 0. The molecule has 2 rings (SSSR count). The highest BCUT2D eigenvalue weighted by molar-refractivity contribution is 5.72. The van der Waals surface area contributed by atoms with Gasteiger partial charge in [-0.2, -0.15) is 0 Å². The summed E-state index contributed by atoms with van der Waals surface area (Å²) < 4.78 is 46.8. The van der Waals surface area contributed by atoms with Gasteiger partial charge in [-0.1, -0.05) is 41.5 Å². The van der Waals surface area contributed by atoms with Gasteiger partial charge in [-0.05, 0) is 44.9 Å². The van der Waals surface area contributed by atoms with E-state index < -0.39 is 84.8 Å². The van der Waals surface area contributed by atoms with Crippen LogP contribution < -0.4 is 0 Å². The topological polar surface area (TPSA) is 176 Å². The number of hydrogen-bond acceptors (Lipinski definition) is 14. The van der Waals surface area contributed by atoms with Crippen LogP contribution in [0, 0.1) is 0 Å². The van der Waals surface area contributed by atoms with Gasteiger partial charge in [0.1, 0.15) is 12.2 Å². The summed E-state index contributed by atoms with van der Waals surface area (Å²) in [7, 11) is 0. The van der Waals surface area contributed by atoms with E-state index in [-0.39, 0.29) is 58.0 Å². The highest BCUT2D eigenvalue weighted by Gasteiger charge is 2.52. The van der Waals surface area contributed by atoms with Gasteiger partial charge in [-0.15, -0.1) is 0 Å². The molecule has 274 valence electrons. The van der Waals surface area contributed by atoms with Crippen molar-refractivity contribution in [3.8, 4) is 0 Å². The fourth-order valence-corrected chi connectivity index (χ4v) is 5.38. The standard InChI is InChI=1S/C34H54O14/c1-7-13-25(36)43-23-20-41-34(33(48-29(40)17-11-5)32(23)47-28(39)16-10-4)44-22-19-18-21(42-24(35)12-6)30(45-26(37)14-8-2)31(22)46-27(38)15-9-3/h21-23,30-34H,7-20H2,1-6H3/t21-,22+,23-,30+,31+,32+,33-,34-/m1/s1. The third-order valence-corrected chi connectivity index (χ3v) is 7.68. The van der Waals surface area contributed by atoms with Crippen LogP contribution in [0.4, 0.5) is 0 Å². The van der Waals surface area contributed by atoms with Gasteiger partial charge in [0.15, 0.2) is 36.8 Å². The molecule has 1 saturated heterocycles. The van der Waals surface area contributed by atoms with Crippen molar-refractivity contribution in [1.82, 2.24) is 0 Å². The van der Waals surface area contributed by atoms with Crippen molar-refractivity contribution in [3.63, 3.8) is 0 Å². The van der Waals surface area contributed by atoms with E-state index in [2.05, 4.69) is 0 Å². The molecule has 1 saturated carbocycles. The smallest absolute Gasteiger partial charge is 0.306 e. The fourth-order valence-electron chi connectivity index (χ4n) is 5.38. The number of hydrogen-bond donors (Lipinski definition) is 0. The molecule has 1 aliphatic heterocycles. The summed E-state index contributed by atoms with van der Waals surface area (Å²) in [5, 5.41) is 0. The lowest BCUT2D eigenvalue weighted by atomic mass is 9.88. The van der Waals surface area contributed by atoms with Crippen molar-refractivity contribution in [1.29, 1.82) is 0 Å². The fraction of sp³-hybridized carbons (Fsp3) is 0.824. The van der Waals surface area contributed by atoms with E-state index in [0.717, 1.165) is 0 Å². The van der Waals surface area contributed by atoms with Crippen molar-refractivity contribution < 1.29 is 66.7 Å². The van der Waals surface area contributed by atoms with Crippen molar-refractivity contribution in [2.45, 2.75) is 174 Å². The van der Waals surface area contributed by atoms with E-state index in [1.54, 1.807) is 34.6 Å². The molecule has 1 heterocycles. The Balaban J connectivity index is 2.53. The predicted octanol–water partition coefficient (Wildman–Crippen LogP) is 4.40. The van der Waals surface area contributed by atoms with Crippen molar-refractivity contribution >= 4 is 35.8 Å². The van der Waals surface area contributed by atoms with E-state index in [1.807, 2.05) is 6.92 Å². The zero-order valence-electron chi connectivity index (χ0n) is 29.2. The Morgan fingerprint density at radius 2 is 0.812 bits per heavy atom. The van der Waals surface area contributed by atoms with E-state index in [1.165, 1.54) is 0 Å². The number of rotatable bonds is 19. The summed E-state index contributed by atoms with van der Waals surface area (Å²) in [4.78, 5) is 76.1. The highest BCUT2D eigenvalue weighted by atomic mass is 16.7. The average molecular weight is 687 g/mol. The first-order valence-corrected chi connectivity index (χ1v) is 17.4. The Hall–Kier alpha value is -3.26. The quantitative estimate of drug-likeness (QED) is 0.138. The van der Waals surface area contributed by atoms with Crippen LogP contribution in [0.3, 0.4) is 0 Å². The minimum Gasteiger partial charge on any atom is -0.458 e. The second-order valence-corrected chi connectivity index (χ2v) is 11.9. The van der Waals surface area contributed by atoms with Crippen molar-refractivity contribution in [3.05, 3.63) is 0 Å². The molecular formula is C34H54O14. The minimum absolute atomic E-state index is 0.0414. The molecule has 0 bridgehead atoms. The van der Waals surface area contributed by atoms with Crippen LogP contribution >= 0.6 is 0 Å². The van der Waals surface area contributed by atoms with Crippen LogP contribution in [0.25, 0.3) is 0 Å².